The fraction of sp³-hybridized carbons (Fsp3) is 0.333. The largest absolute Gasteiger partial charge is 0.506 e. The van der Waals surface area contributed by atoms with Crippen LogP contribution in [0.4, 0.5) is 0 Å². The van der Waals surface area contributed by atoms with E-state index in [2.05, 4.69) is 5.32 Å². The zero-order valence-electron chi connectivity index (χ0n) is 7.29. The average Bonchev–Trinajstić information content (AvgIpc) is 2.10. The minimum absolute atomic E-state index is 0.0297. The van der Waals surface area contributed by atoms with Crippen molar-refractivity contribution >= 4 is 11.6 Å². The van der Waals surface area contributed by atoms with Crippen molar-refractivity contribution in [2.24, 2.45) is 0 Å². The summed E-state index contributed by atoms with van der Waals surface area (Å²) in [5, 5.41) is 21.8. The summed E-state index contributed by atoms with van der Waals surface area (Å²) in [5.41, 5.74) is 0.692. The summed E-state index contributed by atoms with van der Waals surface area (Å²) in [6, 6.07) is 4.67. The Labute approximate surface area is 82.0 Å². The van der Waals surface area contributed by atoms with Crippen LogP contribution in [-0.2, 0) is 0 Å². The predicted octanol–water partition coefficient (Wildman–Crippen LogP) is 1.30. The summed E-state index contributed by atoms with van der Waals surface area (Å²) < 4.78 is 0. The van der Waals surface area contributed by atoms with Gasteiger partial charge in [0.25, 0.3) is 0 Å². The molecular weight excluding hydrogens is 190 g/mol. The van der Waals surface area contributed by atoms with E-state index in [4.69, 9.17) is 16.7 Å². The van der Waals surface area contributed by atoms with Crippen LogP contribution in [0.1, 0.15) is 11.7 Å². The fourth-order valence-corrected chi connectivity index (χ4v) is 1.23. The third-order valence-corrected chi connectivity index (χ3v) is 2.06. The molecule has 0 saturated carbocycles. The van der Waals surface area contributed by atoms with Crippen molar-refractivity contribution in [2.75, 3.05) is 13.6 Å². The van der Waals surface area contributed by atoms with Crippen LogP contribution in [-0.4, -0.2) is 23.8 Å². The maximum Gasteiger partial charge on any atom is 0.134 e. The van der Waals surface area contributed by atoms with Gasteiger partial charge >= 0.3 is 0 Å². The van der Waals surface area contributed by atoms with Gasteiger partial charge in [-0.3, -0.25) is 0 Å². The number of hydrogen-bond acceptors (Lipinski definition) is 3. The van der Waals surface area contributed by atoms with Crippen LogP contribution in [0.3, 0.4) is 0 Å². The van der Waals surface area contributed by atoms with Crippen molar-refractivity contribution in [2.45, 2.75) is 6.10 Å². The lowest BCUT2D eigenvalue weighted by Crippen LogP contribution is -2.16. The Balaban J connectivity index is 2.84. The summed E-state index contributed by atoms with van der Waals surface area (Å²) in [4.78, 5) is 0. The summed E-state index contributed by atoms with van der Waals surface area (Å²) in [6.45, 7) is 0.459. The Morgan fingerprint density at radius 2 is 2.23 bits per heavy atom. The molecule has 1 unspecified atom stereocenters. The van der Waals surface area contributed by atoms with Crippen LogP contribution >= 0.6 is 11.6 Å². The highest BCUT2D eigenvalue weighted by Crippen LogP contribution is 2.26. The minimum Gasteiger partial charge on any atom is -0.506 e. The summed E-state index contributed by atoms with van der Waals surface area (Å²) in [6.07, 6.45) is -0.594. The van der Waals surface area contributed by atoms with Gasteiger partial charge in [0, 0.05) is 6.54 Å². The first-order chi connectivity index (χ1) is 6.15. The van der Waals surface area contributed by atoms with Gasteiger partial charge in [-0.15, -0.1) is 0 Å². The van der Waals surface area contributed by atoms with Gasteiger partial charge in [-0.05, 0) is 24.7 Å². The zero-order chi connectivity index (χ0) is 9.84. The number of likely N-dealkylation sites (N-methyl/N-ethyl adjacent to an activating group) is 1. The second kappa shape index (κ2) is 4.46. The molecule has 0 aliphatic heterocycles. The molecule has 0 saturated heterocycles. The van der Waals surface area contributed by atoms with Gasteiger partial charge in [0.05, 0.1) is 11.1 Å². The first-order valence-corrected chi connectivity index (χ1v) is 4.34. The van der Waals surface area contributed by atoms with Crippen molar-refractivity contribution in [3.8, 4) is 5.75 Å². The molecule has 3 nitrogen and oxygen atoms in total. The van der Waals surface area contributed by atoms with E-state index >= 15 is 0 Å². The van der Waals surface area contributed by atoms with Gasteiger partial charge < -0.3 is 15.5 Å². The molecule has 0 radical (unpaired) electrons. The lowest BCUT2D eigenvalue weighted by atomic mass is 10.1. The molecule has 0 heterocycles. The molecule has 1 aromatic rings. The van der Waals surface area contributed by atoms with Crippen molar-refractivity contribution in [1.29, 1.82) is 0 Å². The monoisotopic (exact) mass is 201 g/mol. The smallest absolute Gasteiger partial charge is 0.134 e. The third-order valence-electron chi connectivity index (χ3n) is 1.75. The highest BCUT2D eigenvalue weighted by atomic mass is 35.5. The molecule has 0 aliphatic rings. The molecule has 1 rings (SSSR count). The molecule has 0 bridgehead atoms. The number of aromatic hydroxyl groups is 1. The molecule has 0 aromatic heterocycles. The van der Waals surface area contributed by atoms with Gasteiger partial charge in [0.1, 0.15) is 5.75 Å². The number of rotatable bonds is 3. The minimum atomic E-state index is -0.594. The van der Waals surface area contributed by atoms with E-state index in [1.54, 1.807) is 19.2 Å². The number of benzene rings is 1. The maximum absolute atomic E-state index is 9.53. The average molecular weight is 202 g/mol. The van der Waals surface area contributed by atoms with Crippen molar-refractivity contribution in [3.63, 3.8) is 0 Å². The van der Waals surface area contributed by atoms with Crippen molar-refractivity contribution < 1.29 is 10.2 Å². The van der Waals surface area contributed by atoms with Gasteiger partial charge in [-0.25, -0.2) is 0 Å². The molecule has 4 heteroatoms. The maximum atomic E-state index is 9.53. The Hall–Kier alpha value is -0.770. The molecule has 1 aromatic carbocycles. The number of nitrogens with one attached hydrogen (secondary N) is 1. The molecular formula is C9H12ClNO2. The van der Waals surface area contributed by atoms with Crippen LogP contribution in [0, 0.1) is 0 Å². The van der Waals surface area contributed by atoms with E-state index in [-0.39, 0.29) is 10.8 Å². The van der Waals surface area contributed by atoms with Gasteiger partial charge in [-0.1, -0.05) is 17.7 Å². The molecule has 72 valence electrons. The van der Waals surface area contributed by atoms with Gasteiger partial charge in [0.2, 0.25) is 0 Å². The van der Waals surface area contributed by atoms with Crippen LogP contribution in [0.2, 0.25) is 5.02 Å². The molecule has 0 amide bonds. The van der Waals surface area contributed by atoms with E-state index in [0.717, 1.165) is 0 Å². The zero-order valence-corrected chi connectivity index (χ0v) is 8.04. The first-order valence-electron chi connectivity index (χ1n) is 3.96. The predicted molar refractivity (Wildman–Crippen MR) is 52.0 cm³/mol. The fourth-order valence-electron chi connectivity index (χ4n) is 1.04. The molecule has 13 heavy (non-hydrogen) atoms. The number of halogens is 1. The Morgan fingerprint density at radius 3 is 2.77 bits per heavy atom. The number of hydrogen-bond donors (Lipinski definition) is 3. The molecule has 1 atom stereocenters. The lowest BCUT2D eigenvalue weighted by molar-refractivity contribution is 0.177. The van der Waals surface area contributed by atoms with Gasteiger partial charge in [-0.2, -0.15) is 0 Å². The highest BCUT2D eigenvalue weighted by molar-refractivity contribution is 6.32. The number of aliphatic hydroxyl groups excluding tert-OH is 1. The van der Waals surface area contributed by atoms with Crippen LogP contribution < -0.4 is 5.32 Å². The summed E-state index contributed by atoms with van der Waals surface area (Å²) in [7, 11) is 1.76. The number of aliphatic hydroxyl groups is 1. The summed E-state index contributed by atoms with van der Waals surface area (Å²) >= 11 is 5.68. The Morgan fingerprint density at radius 1 is 1.54 bits per heavy atom. The highest BCUT2D eigenvalue weighted by Gasteiger charge is 2.07. The standard InChI is InChI=1S/C9H12ClNO2/c1-11-5-9(13)6-2-3-8(12)7(10)4-6/h2-4,9,11-13H,5H2,1H3. The Kier molecular flexibility index (Phi) is 3.54. The molecule has 0 aliphatic carbocycles. The summed E-state index contributed by atoms with van der Waals surface area (Å²) in [5.74, 6) is 0.0297. The van der Waals surface area contributed by atoms with Crippen molar-refractivity contribution in [3.05, 3.63) is 28.8 Å². The molecule has 0 fully saturated rings. The first kappa shape index (κ1) is 10.3. The molecule has 3 N–H and O–H groups in total. The third kappa shape index (κ3) is 2.59. The lowest BCUT2D eigenvalue weighted by Gasteiger charge is -2.10. The van der Waals surface area contributed by atoms with Crippen molar-refractivity contribution in [1.82, 2.24) is 5.32 Å². The van der Waals surface area contributed by atoms with E-state index in [1.807, 2.05) is 0 Å². The van der Waals surface area contributed by atoms with E-state index < -0.39 is 6.10 Å². The van der Waals surface area contributed by atoms with Crippen LogP contribution in [0.5, 0.6) is 5.75 Å². The number of phenolic OH excluding ortho intramolecular Hbond substituents is 1. The topological polar surface area (TPSA) is 52.5 Å². The normalized spacial score (nSPS) is 12.8. The van der Waals surface area contributed by atoms with E-state index in [9.17, 15) is 5.11 Å². The number of phenols is 1. The SMILES string of the molecule is CNCC(O)c1ccc(O)c(Cl)c1. The quantitative estimate of drug-likeness (QED) is 0.691. The van der Waals surface area contributed by atoms with Crippen LogP contribution in [0.15, 0.2) is 18.2 Å². The Bertz CT molecular complexity index is 291. The van der Waals surface area contributed by atoms with E-state index in [1.165, 1.54) is 6.07 Å². The molecule has 0 spiro atoms. The van der Waals surface area contributed by atoms with E-state index in [0.29, 0.717) is 12.1 Å². The second-order valence-corrected chi connectivity index (χ2v) is 3.19. The second-order valence-electron chi connectivity index (χ2n) is 2.78. The van der Waals surface area contributed by atoms with Gasteiger partial charge in [0.15, 0.2) is 0 Å². The van der Waals surface area contributed by atoms with Crippen LogP contribution in [0.25, 0.3) is 0 Å².